The van der Waals surface area contributed by atoms with Gasteiger partial charge in [-0.15, -0.1) is 0 Å². The van der Waals surface area contributed by atoms with Crippen LogP contribution >= 0.6 is 0 Å². The summed E-state index contributed by atoms with van der Waals surface area (Å²) < 4.78 is 10.6. The molecule has 0 aromatic heterocycles. The normalized spacial score (nSPS) is 12.4. The molecule has 1 saturated carbocycles. The van der Waals surface area contributed by atoms with Crippen molar-refractivity contribution < 1.29 is 23.9 Å². The van der Waals surface area contributed by atoms with Crippen molar-refractivity contribution in [1.82, 2.24) is 5.32 Å². The van der Waals surface area contributed by atoms with Gasteiger partial charge in [0.25, 0.3) is 17.7 Å². The van der Waals surface area contributed by atoms with Gasteiger partial charge in [-0.3, -0.25) is 14.4 Å². The summed E-state index contributed by atoms with van der Waals surface area (Å²) >= 11 is 0. The van der Waals surface area contributed by atoms with Gasteiger partial charge < -0.3 is 25.4 Å². The van der Waals surface area contributed by atoms with Crippen LogP contribution in [0, 0.1) is 0 Å². The van der Waals surface area contributed by atoms with Crippen molar-refractivity contribution in [2.45, 2.75) is 18.9 Å². The van der Waals surface area contributed by atoms with Crippen LogP contribution in [-0.2, 0) is 4.79 Å². The summed E-state index contributed by atoms with van der Waals surface area (Å²) in [5.41, 5.74) is 2.18. The Morgan fingerprint density at radius 3 is 2.15 bits per heavy atom. The van der Waals surface area contributed by atoms with E-state index in [2.05, 4.69) is 16.0 Å². The van der Waals surface area contributed by atoms with Crippen LogP contribution in [0.25, 0.3) is 0 Å². The fourth-order valence-electron chi connectivity index (χ4n) is 3.15. The molecule has 3 N–H and O–H groups in total. The molecule has 3 aromatic rings. The Balaban J connectivity index is 1.25. The molecular weight excluding hydrogens is 434 g/mol. The summed E-state index contributed by atoms with van der Waals surface area (Å²) in [5.74, 6) is 0.390. The van der Waals surface area contributed by atoms with Gasteiger partial charge in [0.05, 0.1) is 7.11 Å². The lowest BCUT2D eigenvalue weighted by Crippen LogP contribution is -2.25. The first-order chi connectivity index (χ1) is 16.5. The number of anilines is 2. The molecule has 0 atom stereocenters. The lowest BCUT2D eigenvalue weighted by atomic mass is 10.1. The SMILES string of the molecule is COc1cccc(NC(=O)COc2ccc(C(=O)Nc3ccc(C(=O)NC4CC4)cc3)cc2)c1. The first-order valence-corrected chi connectivity index (χ1v) is 10.9. The Morgan fingerprint density at radius 2 is 1.47 bits per heavy atom. The predicted molar refractivity (Wildman–Crippen MR) is 128 cm³/mol. The van der Waals surface area contributed by atoms with E-state index < -0.39 is 0 Å². The number of amides is 3. The van der Waals surface area contributed by atoms with Gasteiger partial charge in [-0.05, 0) is 73.5 Å². The van der Waals surface area contributed by atoms with Crippen LogP contribution in [0.3, 0.4) is 0 Å². The third-order valence-electron chi connectivity index (χ3n) is 5.16. The number of carbonyl (C=O) groups excluding carboxylic acids is 3. The zero-order chi connectivity index (χ0) is 23.9. The molecule has 0 radical (unpaired) electrons. The highest BCUT2D eigenvalue weighted by molar-refractivity contribution is 6.04. The second-order valence-electron chi connectivity index (χ2n) is 7.87. The molecule has 0 spiro atoms. The van der Waals surface area contributed by atoms with Gasteiger partial charge in [-0.2, -0.15) is 0 Å². The molecule has 1 aliphatic rings. The number of hydrogen-bond acceptors (Lipinski definition) is 5. The van der Waals surface area contributed by atoms with Gasteiger partial charge in [0.2, 0.25) is 0 Å². The zero-order valence-electron chi connectivity index (χ0n) is 18.7. The number of rotatable bonds is 9. The van der Waals surface area contributed by atoms with E-state index in [-0.39, 0.29) is 24.3 Å². The van der Waals surface area contributed by atoms with Gasteiger partial charge in [0, 0.05) is 34.6 Å². The van der Waals surface area contributed by atoms with Crippen molar-refractivity contribution in [3.8, 4) is 11.5 Å². The molecule has 0 bridgehead atoms. The molecule has 8 nitrogen and oxygen atoms in total. The fraction of sp³-hybridized carbons (Fsp3) is 0.192. The molecule has 34 heavy (non-hydrogen) atoms. The van der Waals surface area contributed by atoms with Crippen LogP contribution in [0.4, 0.5) is 11.4 Å². The van der Waals surface area contributed by atoms with Crippen LogP contribution in [-0.4, -0.2) is 37.5 Å². The largest absolute Gasteiger partial charge is 0.497 e. The average molecular weight is 460 g/mol. The maximum Gasteiger partial charge on any atom is 0.262 e. The molecule has 3 amide bonds. The summed E-state index contributed by atoms with van der Waals surface area (Å²) in [6, 6.07) is 20.5. The Kier molecular flexibility index (Phi) is 7.07. The maximum absolute atomic E-state index is 12.5. The van der Waals surface area contributed by atoms with Crippen molar-refractivity contribution in [2.24, 2.45) is 0 Å². The van der Waals surface area contributed by atoms with Gasteiger partial charge in [0.15, 0.2) is 6.61 Å². The highest BCUT2D eigenvalue weighted by atomic mass is 16.5. The van der Waals surface area contributed by atoms with Gasteiger partial charge in [-0.1, -0.05) is 6.07 Å². The van der Waals surface area contributed by atoms with E-state index in [9.17, 15) is 14.4 Å². The average Bonchev–Trinajstić information content (AvgIpc) is 3.67. The molecule has 0 saturated heterocycles. The minimum Gasteiger partial charge on any atom is -0.497 e. The van der Waals surface area contributed by atoms with E-state index >= 15 is 0 Å². The molecule has 4 rings (SSSR count). The Morgan fingerprint density at radius 1 is 0.794 bits per heavy atom. The standard InChI is InChI=1S/C26H25N3O5/c1-33-23-4-2-3-21(15-23)27-24(30)16-34-22-13-7-18(8-14-22)26(32)28-19-9-5-17(6-10-19)25(31)29-20-11-12-20/h2-10,13-15,20H,11-12,16H2,1H3,(H,27,30)(H,28,32)(H,29,31). The van der Waals surface area contributed by atoms with Gasteiger partial charge >= 0.3 is 0 Å². The highest BCUT2D eigenvalue weighted by Crippen LogP contribution is 2.20. The van der Waals surface area contributed by atoms with E-state index in [0.29, 0.717) is 40.0 Å². The summed E-state index contributed by atoms with van der Waals surface area (Å²) in [6.07, 6.45) is 2.06. The number of methoxy groups -OCH3 is 1. The van der Waals surface area contributed by atoms with E-state index in [1.165, 1.54) is 0 Å². The topological polar surface area (TPSA) is 106 Å². The molecule has 0 heterocycles. The second-order valence-corrected chi connectivity index (χ2v) is 7.87. The highest BCUT2D eigenvalue weighted by Gasteiger charge is 2.23. The predicted octanol–water partition coefficient (Wildman–Crippen LogP) is 3.86. The fourth-order valence-corrected chi connectivity index (χ4v) is 3.15. The van der Waals surface area contributed by atoms with Crippen LogP contribution < -0.4 is 25.4 Å². The van der Waals surface area contributed by atoms with Crippen molar-refractivity contribution in [3.63, 3.8) is 0 Å². The molecule has 0 unspecified atom stereocenters. The maximum atomic E-state index is 12.5. The third kappa shape index (κ3) is 6.35. The molecule has 174 valence electrons. The van der Waals surface area contributed by atoms with Crippen molar-refractivity contribution in [1.29, 1.82) is 0 Å². The number of hydrogen-bond donors (Lipinski definition) is 3. The Bertz CT molecular complexity index is 1170. The molecule has 1 fully saturated rings. The molecule has 0 aliphatic heterocycles. The van der Waals surface area contributed by atoms with E-state index in [1.54, 1.807) is 79.9 Å². The minimum absolute atomic E-state index is 0.104. The van der Waals surface area contributed by atoms with Crippen molar-refractivity contribution >= 4 is 29.1 Å². The van der Waals surface area contributed by atoms with E-state index in [0.717, 1.165) is 12.8 Å². The van der Waals surface area contributed by atoms with Crippen molar-refractivity contribution in [3.05, 3.63) is 83.9 Å². The minimum atomic E-state index is -0.315. The molecule has 1 aliphatic carbocycles. The van der Waals surface area contributed by atoms with Crippen molar-refractivity contribution in [2.75, 3.05) is 24.4 Å². The molecule has 8 heteroatoms. The van der Waals surface area contributed by atoms with Gasteiger partial charge in [0.1, 0.15) is 11.5 Å². The number of ether oxygens (including phenoxy) is 2. The summed E-state index contributed by atoms with van der Waals surface area (Å²) in [7, 11) is 1.56. The molecular formula is C26H25N3O5. The van der Waals surface area contributed by atoms with Crippen LogP contribution in [0.2, 0.25) is 0 Å². The second kappa shape index (κ2) is 10.5. The summed E-state index contributed by atoms with van der Waals surface area (Å²) in [4.78, 5) is 36.7. The van der Waals surface area contributed by atoms with Crippen LogP contribution in [0.5, 0.6) is 11.5 Å². The quantitative estimate of drug-likeness (QED) is 0.451. The number of nitrogens with one attached hydrogen (secondary N) is 3. The van der Waals surface area contributed by atoms with E-state index in [4.69, 9.17) is 9.47 Å². The third-order valence-corrected chi connectivity index (χ3v) is 5.16. The first-order valence-electron chi connectivity index (χ1n) is 10.9. The Hall–Kier alpha value is -4.33. The first kappa shape index (κ1) is 22.8. The Labute approximate surface area is 197 Å². The van der Waals surface area contributed by atoms with Crippen LogP contribution in [0.1, 0.15) is 33.6 Å². The monoisotopic (exact) mass is 459 g/mol. The number of benzene rings is 3. The van der Waals surface area contributed by atoms with Gasteiger partial charge in [-0.25, -0.2) is 0 Å². The smallest absolute Gasteiger partial charge is 0.262 e. The zero-order valence-corrected chi connectivity index (χ0v) is 18.7. The van der Waals surface area contributed by atoms with Crippen LogP contribution in [0.15, 0.2) is 72.8 Å². The number of carbonyl (C=O) groups is 3. The summed E-state index contributed by atoms with van der Waals surface area (Å²) in [6.45, 7) is -0.177. The lowest BCUT2D eigenvalue weighted by Gasteiger charge is -2.10. The van der Waals surface area contributed by atoms with E-state index in [1.807, 2.05) is 0 Å². The molecule has 3 aromatic carbocycles. The summed E-state index contributed by atoms with van der Waals surface area (Å²) in [5, 5.41) is 8.46. The lowest BCUT2D eigenvalue weighted by molar-refractivity contribution is -0.118.